The van der Waals surface area contributed by atoms with E-state index in [2.05, 4.69) is 22.4 Å². The van der Waals surface area contributed by atoms with E-state index in [9.17, 15) is 8.78 Å². The molecule has 0 aliphatic rings. The zero-order valence-corrected chi connectivity index (χ0v) is 10.8. The summed E-state index contributed by atoms with van der Waals surface area (Å²) in [4.78, 5) is 0. The van der Waals surface area contributed by atoms with Crippen LogP contribution < -0.4 is 5.32 Å². The molecule has 2 heterocycles. The molecule has 0 spiro atoms. The highest BCUT2D eigenvalue weighted by Crippen LogP contribution is 2.11. The summed E-state index contributed by atoms with van der Waals surface area (Å²) in [6, 6.07) is 3.51. The number of aryl methyl sites for hydroxylation is 1. The first kappa shape index (κ1) is 13.7. The van der Waals surface area contributed by atoms with Crippen LogP contribution in [0.3, 0.4) is 0 Å². The van der Waals surface area contributed by atoms with Crippen molar-refractivity contribution in [3.8, 4) is 0 Å². The van der Waals surface area contributed by atoms with Crippen molar-refractivity contribution in [2.45, 2.75) is 39.5 Å². The fourth-order valence-corrected chi connectivity index (χ4v) is 1.90. The summed E-state index contributed by atoms with van der Waals surface area (Å²) in [5.41, 5.74) is 1.52. The largest absolute Gasteiger partial charge is 0.333 e. The Balaban J connectivity index is 1.89. The monoisotopic (exact) mass is 269 g/mol. The van der Waals surface area contributed by atoms with Gasteiger partial charge < -0.3 is 5.32 Å². The molecular weight excluding hydrogens is 252 g/mol. The number of nitrogens with one attached hydrogen (secondary N) is 1. The smallest absolute Gasteiger partial charge is 0.306 e. The van der Waals surface area contributed by atoms with E-state index in [4.69, 9.17) is 0 Å². The summed E-state index contributed by atoms with van der Waals surface area (Å²) in [6.45, 7) is 1.28. The van der Waals surface area contributed by atoms with Crippen LogP contribution in [0.1, 0.15) is 31.3 Å². The second-order valence-corrected chi connectivity index (χ2v) is 4.19. The second-order valence-electron chi connectivity index (χ2n) is 4.19. The Hall–Kier alpha value is -1.76. The molecule has 5 nitrogen and oxygen atoms in total. The number of hydrogen-bond donors (Lipinski definition) is 1. The van der Waals surface area contributed by atoms with E-state index in [1.54, 1.807) is 12.3 Å². The average Bonchev–Trinajstić information content (AvgIpc) is 2.99. The van der Waals surface area contributed by atoms with Gasteiger partial charge >= 0.3 is 6.55 Å². The van der Waals surface area contributed by atoms with Gasteiger partial charge in [-0.2, -0.15) is 19.0 Å². The fourth-order valence-electron chi connectivity index (χ4n) is 1.90. The van der Waals surface area contributed by atoms with Gasteiger partial charge in [0.25, 0.3) is 0 Å². The zero-order chi connectivity index (χ0) is 13.7. The Morgan fingerprint density at radius 2 is 1.84 bits per heavy atom. The summed E-state index contributed by atoms with van der Waals surface area (Å²) in [6.07, 6.45) is 4.13. The van der Waals surface area contributed by atoms with Crippen LogP contribution in [-0.2, 0) is 19.6 Å². The van der Waals surface area contributed by atoms with Gasteiger partial charge in [0, 0.05) is 32.0 Å². The Kier molecular flexibility index (Phi) is 4.62. The Morgan fingerprint density at radius 1 is 1.16 bits per heavy atom. The topological polar surface area (TPSA) is 47.7 Å². The van der Waals surface area contributed by atoms with E-state index in [0.29, 0.717) is 18.8 Å². The van der Waals surface area contributed by atoms with Crippen LogP contribution >= 0.6 is 0 Å². The lowest BCUT2D eigenvalue weighted by Crippen LogP contribution is -2.19. The zero-order valence-electron chi connectivity index (χ0n) is 10.8. The number of halogens is 2. The molecule has 0 unspecified atom stereocenters. The van der Waals surface area contributed by atoms with Crippen LogP contribution in [0, 0.1) is 0 Å². The van der Waals surface area contributed by atoms with E-state index in [-0.39, 0.29) is 0 Å². The minimum absolute atomic E-state index is 0.349. The second kappa shape index (κ2) is 6.42. The van der Waals surface area contributed by atoms with Crippen LogP contribution in [0.15, 0.2) is 24.5 Å². The minimum atomic E-state index is -2.60. The van der Waals surface area contributed by atoms with E-state index >= 15 is 0 Å². The summed E-state index contributed by atoms with van der Waals surface area (Å²) in [5.74, 6) is 0. The first-order valence-corrected chi connectivity index (χ1v) is 6.24. The number of alkyl halides is 2. The van der Waals surface area contributed by atoms with E-state index < -0.39 is 6.55 Å². The van der Waals surface area contributed by atoms with Crippen LogP contribution in [0.25, 0.3) is 0 Å². The molecule has 0 saturated heterocycles. The predicted molar refractivity (Wildman–Crippen MR) is 66.5 cm³/mol. The summed E-state index contributed by atoms with van der Waals surface area (Å²) >= 11 is 0. The molecule has 104 valence electrons. The van der Waals surface area contributed by atoms with Crippen molar-refractivity contribution in [2.24, 2.45) is 0 Å². The molecule has 0 saturated carbocycles. The number of aromatic nitrogens is 4. The van der Waals surface area contributed by atoms with Gasteiger partial charge in [0.05, 0.1) is 11.4 Å². The maximum absolute atomic E-state index is 12.6. The number of nitrogens with zero attached hydrogens (tertiary/aromatic N) is 4. The first-order valence-electron chi connectivity index (χ1n) is 6.24. The summed E-state index contributed by atoms with van der Waals surface area (Å²) in [5, 5.41) is 10.9. The summed E-state index contributed by atoms with van der Waals surface area (Å²) < 4.78 is 27.8. The molecule has 19 heavy (non-hydrogen) atoms. The third-order valence-corrected chi connectivity index (χ3v) is 2.79. The molecule has 2 aromatic rings. The SMILES string of the molecule is CCCn1nccc1CNCc1ccnn1C(F)F. The van der Waals surface area contributed by atoms with Gasteiger partial charge in [-0.05, 0) is 18.6 Å². The van der Waals surface area contributed by atoms with Crippen molar-refractivity contribution in [3.05, 3.63) is 35.9 Å². The first-order chi connectivity index (χ1) is 9.22. The predicted octanol–water partition coefficient (Wildman–Crippen LogP) is 2.17. The molecule has 0 bridgehead atoms. The molecule has 7 heteroatoms. The van der Waals surface area contributed by atoms with Crippen molar-refractivity contribution in [1.29, 1.82) is 0 Å². The summed E-state index contributed by atoms with van der Waals surface area (Å²) in [7, 11) is 0. The van der Waals surface area contributed by atoms with Crippen molar-refractivity contribution in [2.75, 3.05) is 0 Å². The Bertz CT molecular complexity index is 506. The molecule has 2 aromatic heterocycles. The lowest BCUT2D eigenvalue weighted by molar-refractivity contribution is 0.0531. The third-order valence-electron chi connectivity index (χ3n) is 2.79. The standard InChI is InChI=1S/C12H17F2N5/c1-2-7-18-10(3-5-16-18)8-15-9-11-4-6-17-19(11)12(13)14/h3-6,12,15H,2,7-9H2,1H3. The van der Waals surface area contributed by atoms with Crippen molar-refractivity contribution >= 4 is 0 Å². The van der Waals surface area contributed by atoms with Crippen LogP contribution in [0.4, 0.5) is 8.78 Å². The van der Waals surface area contributed by atoms with Gasteiger partial charge in [-0.1, -0.05) is 6.92 Å². The van der Waals surface area contributed by atoms with Gasteiger partial charge in [0.15, 0.2) is 0 Å². The molecule has 0 fully saturated rings. The molecule has 0 aromatic carbocycles. The lowest BCUT2D eigenvalue weighted by Gasteiger charge is -2.09. The van der Waals surface area contributed by atoms with Crippen molar-refractivity contribution < 1.29 is 8.78 Å². The minimum Gasteiger partial charge on any atom is -0.306 e. The molecule has 0 atom stereocenters. The Labute approximate surface area is 110 Å². The molecule has 0 amide bonds. The fraction of sp³-hybridized carbons (Fsp3) is 0.500. The van der Waals surface area contributed by atoms with Crippen LogP contribution in [0.5, 0.6) is 0 Å². The van der Waals surface area contributed by atoms with E-state index in [0.717, 1.165) is 23.3 Å². The molecule has 0 aliphatic carbocycles. The highest BCUT2D eigenvalue weighted by Gasteiger charge is 2.11. The Morgan fingerprint density at radius 3 is 2.58 bits per heavy atom. The van der Waals surface area contributed by atoms with E-state index in [1.165, 1.54) is 6.20 Å². The van der Waals surface area contributed by atoms with Gasteiger partial charge in [-0.25, -0.2) is 4.68 Å². The van der Waals surface area contributed by atoms with Crippen molar-refractivity contribution in [1.82, 2.24) is 24.9 Å². The van der Waals surface area contributed by atoms with Crippen LogP contribution in [-0.4, -0.2) is 19.6 Å². The third kappa shape index (κ3) is 3.37. The van der Waals surface area contributed by atoms with Gasteiger partial charge in [-0.3, -0.25) is 4.68 Å². The van der Waals surface area contributed by atoms with Gasteiger partial charge in [0.1, 0.15) is 0 Å². The number of hydrogen-bond acceptors (Lipinski definition) is 3. The molecule has 0 radical (unpaired) electrons. The average molecular weight is 269 g/mol. The maximum Gasteiger partial charge on any atom is 0.333 e. The van der Waals surface area contributed by atoms with Crippen LogP contribution in [0.2, 0.25) is 0 Å². The molecule has 0 aliphatic heterocycles. The molecule has 2 rings (SSSR count). The maximum atomic E-state index is 12.6. The molecule has 1 N–H and O–H groups in total. The quantitative estimate of drug-likeness (QED) is 0.838. The van der Waals surface area contributed by atoms with E-state index in [1.807, 2.05) is 10.7 Å². The van der Waals surface area contributed by atoms with Gasteiger partial charge in [-0.15, -0.1) is 0 Å². The normalized spacial score (nSPS) is 11.4. The lowest BCUT2D eigenvalue weighted by atomic mass is 10.3. The highest BCUT2D eigenvalue weighted by atomic mass is 19.3. The number of rotatable bonds is 7. The van der Waals surface area contributed by atoms with Gasteiger partial charge in [0.2, 0.25) is 0 Å². The highest BCUT2D eigenvalue weighted by molar-refractivity contribution is 5.03. The molecular formula is C12H17F2N5. The van der Waals surface area contributed by atoms with Crippen molar-refractivity contribution in [3.63, 3.8) is 0 Å².